The van der Waals surface area contributed by atoms with Crippen LogP contribution in [0, 0.1) is 0 Å². The highest BCUT2D eigenvalue weighted by atomic mass is 15.1. The molecule has 13 heavy (non-hydrogen) atoms. The molecule has 2 aliphatic rings. The van der Waals surface area contributed by atoms with Crippen LogP contribution in [0.2, 0.25) is 0 Å². The summed E-state index contributed by atoms with van der Waals surface area (Å²) in [5.74, 6) is 1.64. The van der Waals surface area contributed by atoms with Crippen LogP contribution in [-0.4, -0.2) is 25.0 Å². The Bertz CT molecular complexity index is 297. The normalized spacial score (nSPS) is 31.8. The molecule has 0 radical (unpaired) electrons. The first kappa shape index (κ1) is 7.57. The molecule has 1 aliphatic heterocycles. The van der Waals surface area contributed by atoms with Crippen molar-refractivity contribution in [2.24, 2.45) is 0 Å². The Kier molecular flexibility index (Phi) is 1.50. The van der Waals surface area contributed by atoms with Crippen LogP contribution in [0.4, 0.5) is 0 Å². The molecule has 1 saturated heterocycles. The lowest BCUT2D eigenvalue weighted by molar-refractivity contribution is 0.245. The SMILES string of the molecule is CN1C[C@H]2C[C@@H](C1)c1ccccc12. The molecular weight excluding hydrogens is 158 g/mol. The van der Waals surface area contributed by atoms with Crippen LogP contribution in [0.25, 0.3) is 0 Å². The summed E-state index contributed by atoms with van der Waals surface area (Å²) < 4.78 is 0. The Morgan fingerprint density at radius 3 is 2.15 bits per heavy atom. The van der Waals surface area contributed by atoms with Crippen LogP contribution in [0.3, 0.4) is 0 Å². The van der Waals surface area contributed by atoms with Crippen molar-refractivity contribution in [2.45, 2.75) is 18.3 Å². The van der Waals surface area contributed by atoms with E-state index in [9.17, 15) is 0 Å². The van der Waals surface area contributed by atoms with Crippen LogP contribution >= 0.6 is 0 Å². The lowest BCUT2D eigenvalue weighted by Crippen LogP contribution is -2.31. The van der Waals surface area contributed by atoms with Gasteiger partial charge in [-0.1, -0.05) is 24.3 Å². The summed E-state index contributed by atoms with van der Waals surface area (Å²) >= 11 is 0. The summed E-state index contributed by atoms with van der Waals surface area (Å²) in [5, 5.41) is 0. The molecule has 0 unspecified atom stereocenters. The van der Waals surface area contributed by atoms with Crippen LogP contribution in [0.1, 0.15) is 29.4 Å². The minimum absolute atomic E-state index is 0.819. The van der Waals surface area contributed by atoms with Crippen LogP contribution in [0.15, 0.2) is 24.3 Å². The van der Waals surface area contributed by atoms with Gasteiger partial charge in [-0.25, -0.2) is 0 Å². The third-order valence-corrected chi connectivity index (χ3v) is 3.51. The van der Waals surface area contributed by atoms with Crippen molar-refractivity contribution in [1.29, 1.82) is 0 Å². The van der Waals surface area contributed by atoms with Gasteiger partial charge in [0.1, 0.15) is 0 Å². The maximum atomic E-state index is 2.47. The third kappa shape index (κ3) is 1.03. The fraction of sp³-hybridized carbons (Fsp3) is 0.500. The first-order valence-corrected chi connectivity index (χ1v) is 5.12. The number of nitrogens with zero attached hydrogens (tertiary/aromatic N) is 1. The smallest absolute Gasteiger partial charge is 0.00478 e. The third-order valence-electron chi connectivity index (χ3n) is 3.51. The molecule has 1 aromatic rings. The number of fused-ring (bicyclic) bond motifs is 5. The summed E-state index contributed by atoms with van der Waals surface area (Å²) in [5.41, 5.74) is 3.24. The number of rotatable bonds is 0. The highest BCUT2D eigenvalue weighted by molar-refractivity contribution is 5.40. The lowest BCUT2D eigenvalue weighted by atomic mass is 9.96. The van der Waals surface area contributed by atoms with E-state index in [1.54, 1.807) is 11.1 Å². The van der Waals surface area contributed by atoms with Gasteiger partial charge < -0.3 is 4.90 Å². The molecule has 1 nitrogen and oxygen atoms in total. The van der Waals surface area contributed by atoms with Gasteiger partial charge in [-0.3, -0.25) is 0 Å². The van der Waals surface area contributed by atoms with E-state index in [4.69, 9.17) is 0 Å². The van der Waals surface area contributed by atoms with E-state index in [1.807, 2.05) is 0 Å². The van der Waals surface area contributed by atoms with E-state index in [0.717, 1.165) is 11.8 Å². The molecule has 68 valence electrons. The molecule has 0 saturated carbocycles. The van der Waals surface area contributed by atoms with Crippen molar-refractivity contribution in [2.75, 3.05) is 20.1 Å². The zero-order chi connectivity index (χ0) is 8.84. The molecule has 0 amide bonds. The lowest BCUT2D eigenvalue weighted by Gasteiger charge is -2.28. The van der Waals surface area contributed by atoms with Crippen molar-refractivity contribution >= 4 is 0 Å². The van der Waals surface area contributed by atoms with Gasteiger partial charge in [0.15, 0.2) is 0 Å². The molecular formula is C12H15N. The van der Waals surface area contributed by atoms with Gasteiger partial charge in [0.25, 0.3) is 0 Å². The van der Waals surface area contributed by atoms with Gasteiger partial charge in [0.2, 0.25) is 0 Å². The number of hydrogen-bond acceptors (Lipinski definition) is 1. The van der Waals surface area contributed by atoms with Crippen LogP contribution in [-0.2, 0) is 0 Å². The molecule has 0 N–H and O–H groups in total. The summed E-state index contributed by atoms with van der Waals surface area (Å²) in [6, 6.07) is 9.00. The summed E-state index contributed by atoms with van der Waals surface area (Å²) in [7, 11) is 2.24. The van der Waals surface area contributed by atoms with Gasteiger partial charge in [0.05, 0.1) is 0 Å². The largest absolute Gasteiger partial charge is 0.305 e. The van der Waals surface area contributed by atoms with Crippen molar-refractivity contribution in [1.82, 2.24) is 4.90 Å². The first-order valence-electron chi connectivity index (χ1n) is 5.12. The second-order valence-electron chi connectivity index (χ2n) is 4.48. The average Bonchev–Trinajstić information content (AvgIpc) is 2.41. The Hall–Kier alpha value is -0.820. The quantitative estimate of drug-likeness (QED) is 0.581. The van der Waals surface area contributed by atoms with E-state index >= 15 is 0 Å². The minimum atomic E-state index is 0.819. The Morgan fingerprint density at radius 2 is 1.62 bits per heavy atom. The van der Waals surface area contributed by atoms with Crippen LogP contribution < -0.4 is 0 Å². The number of likely N-dealkylation sites (tertiary alicyclic amines) is 1. The average molecular weight is 173 g/mol. The van der Waals surface area contributed by atoms with Crippen molar-refractivity contribution in [3.05, 3.63) is 35.4 Å². The fourth-order valence-electron chi connectivity index (χ4n) is 3.02. The number of piperidine rings is 1. The Balaban J connectivity index is 2.09. The molecule has 2 bridgehead atoms. The van der Waals surface area contributed by atoms with E-state index in [0.29, 0.717) is 0 Å². The van der Waals surface area contributed by atoms with Gasteiger partial charge in [-0.15, -0.1) is 0 Å². The highest BCUT2D eigenvalue weighted by Crippen LogP contribution is 2.45. The Labute approximate surface area is 79.4 Å². The monoisotopic (exact) mass is 173 g/mol. The standard InChI is InChI=1S/C12H15N/c1-13-7-9-6-10(8-13)12-5-3-2-4-11(9)12/h2-5,9-10H,6-8H2,1H3/t9-,10+. The summed E-state index contributed by atoms with van der Waals surface area (Å²) in [6.45, 7) is 2.51. The molecule has 1 aliphatic carbocycles. The zero-order valence-electron chi connectivity index (χ0n) is 8.03. The second-order valence-corrected chi connectivity index (χ2v) is 4.48. The second kappa shape index (κ2) is 2.58. The number of likely N-dealkylation sites (N-methyl/N-ethyl adjacent to an activating group) is 1. The molecule has 1 heterocycles. The molecule has 1 aromatic carbocycles. The minimum Gasteiger partial charge on any atom is -0.305 e. The van der Waals surface area contributed by atoms with E-state index in [2.05, 4.69) is 36.2 Å². The van der Waals surface area contributed by atoms with Crippen molar-refractivity contribution in [3.8, 4) is 0 Å². The maximum Gasteiger partial charge on any atom is 0.00478 e. The summed E-state index contributed by atoms with van der Waals surface area (Å²) in [4.78, 5) is 2.47. The van der Waals surface area contributed by atoms with E-state index in [1.165, 1.54) is 19.5 Å². The van der Waals surface area contributed by atoms with Gasteiger partial charge >= 0.3 is 0 Å². The molecule has 0 aromatic heterocycles. The van der Waals surface area contributed by atoms with Gasteiger partial charge in [-0.2, -0.15) is 0 Å². The van der Waals surface area contributed by atoms with E-state index < -0.39 is 0 Å². The van der Waals surface area contributed by atoms with E-state index in [-0.39, 0.29) is 0 Å². The van der Waals surface area contributed by atoms with Gasteiger partial charge in [0, 0.05) is 13.1 Å². The van der Waals surface area contributed by atoms with Crippen molar-refractivity contribution < 1.29 is 0 Å². The predicted octanol–water partition coefficient (Wildman–Crippen LogP) is 2.20. The Morgan fingerprint density at radius 1 is 1.08 bits per heavy atom. The topological polar surface area (TPSA) is 3.24 Å². The molecule has 3 rings (SSSR count). The molecule has 1 fully saturated rings. The fourth-order valence-corrected chi connectivity index (χ4v) is 3.02. The molecule has 2 atom stereocenters. The molecule has 0 spiro atoms. The predicted molar refractivity (Wildman–Crippen MR) is 54.0 cm³/mol. The van der Waals surface area contributed by atoms with Crippen molar-refractivity contribution in [3.63, 3.8) is 0 Å². The van der Waals surface area contributed by atoms with Crippen LogP contribution in [0.5, 0.6) is 0 Å². The summed E-state index contributed by atoms with van der Waals surface area (Å²) in [6.07, 6.45) is 1.39. The number of benzene rings is 1. The highest BCUT2D eigenvalue weighted by Gasteiger charge is 2.35. The maximum absolute atomic E-state index is 2.47. The molecule has 1 heteroatoms. The van der Waals surface area contributed by atoms with Gasteiger partial charge in [-0.05, 0) is 36.4 Å². The zero-order valence-corrected chi connectivity index (χ0v) is 8.03. The first-order chi connectivity index (χ1) is 6.34. The number of hydrogen-bond donors (Lipinski definition) is 0.